The molecular formula is C19H21NO5. The largest absolute Gasteiger partial charge is 0.493 e. The second kappa shape index (κ2) is 7.70. The molecule has 2 aromatic rings. The molecule has 0 radical (unpaired) electrons. The molecule has 0 bridgehead atoms. The first-order chi connectivity index (χ1) is 11.9. The van der Waals surface area contributed by atoms with Gasteiger partial charge < -0.3 is 19.1 Å². The number of anilines is 1. The summed E-state index contributed by atoms with van der Waals surface area (Å²) in [7, 11) is 8.08. The lowest BCUT2D eigenvalue weighted by Gasteiger charge is -2.18. The number of hydrogen-bond acceptors (Lipinski definition) is 6. The minimum Gasteiger partial charge on any atom is -0.493 e. The lowest BCUT2D eigenvalue weighted by molar-refractivity contribution is 0.0600. The Bertz CT molecular complexity index is 781. The van der Waals surface area contributed by atoms with Crippen LogP contribution in [0.25, 0.3) is 0 Å². The van der Waals surface area contributed by atoms with Gasteiger partial charge >= 0.3 is 5.97 Å². The summed E-state index contributed by atoms with van der Waals surface area (Å²) in [6.07, 6.45) is 0. The van der Waals surface area contributed by atoms with Crippen LogP contribution in [0.3, 0.4) is 0 Å². The summed E-state index contributed by atoms with van der Waals surface area (Å²) < 4.78 is 15.4. The lowest BCUT2D eigenvalue weighted by Crippen LogP contribution is -2.12. The quantitative estimate of drug-likeness (QED) is 0.594. The van der Waals surface area contributed by atoms with Gasteiger partial charge in [0.1, 0.15) is 0 Å². The summed E-state index contributed by atoms with van der Waals surface area (Å²) >= 11 is 0. The van der Waals surface area contributed by atoms with E-state index in [0.717, 1.165) is 5.69 Å². The van der Waals surface area contributed by atoms with Crippen molar-refractivity contribution >= 4 is 17.4 Å². The number of carbonyl (C=O) groups excluding carboxylic acids is 2. The Morgan fingerprint density at radius 1 is 0.880 bits per heavy atom. The summed E-state index contributed by atoms with van der Waals surface area (Å²) in [5.41, 5.74) is 2.01. The van der Waals surface area contributed by atoms with E-state index in [2.05, 4.69) is 4.74 Å². The van der Waals surface area contributed by atoms with Crippen LogP contribution < -0.4 is 14.4 Å². The Balaban J connectivity index is 2.50. The van der Waals surface area contributed by atoms with Crippen LogP contribution in [0.5, 0.6) is 11.5 Å². The zero-order valence-corrected chi connectivity index (χ0v) is 15.0. The number of methoxy groups -OCH3 is 3. The normalized spacial score (nSPS) is 10.1. The van der Waals surface area contributed by atoms with Gasteiger partial charge in [0.05, 0.1) is 32.5 Å². The maximum atomic E-state index is 12.9. The summed E-state index contributed by atoms with van der Waals surface area (Å²) in [4.78, 5) is 26.3. The molecule has 25 heavy (non-hydrogen) atoms. The van der Waals surface area contributed by atoms with E-state index in [1.165, 1.54) is 21.3 Å². The van der Waals surface area contributed by atoms with Crippen LogP contribution >= 0.6 is 0 Å². The highest BCUT2D eigenvalue weighted by Crippen LogP contribution is 2.36. The maximum Gasteiger partial charge on any atom is 0.337 e. The first kappa shape index (κ1) is 18.3. The number of esters is 1. The Kier molecular flexibility index (Phi) is 5.64. The van der Waals surface area contributed by atoms with Crippen molar-refractivity contribution in [3.63, 3.8) is 0 Å². The number of ketones is 1. The molecule has 0 atom stereocenters. The van der Waals surface area contributed by atoms with Gasteiger partial charge in [0.15, 0.2) is 17.3 Å². The minimum absolute atomic E-state index is 0.227. The summed E-state index contributed by atoms with van der Waals surface area (Å²) in [5, 5.41) is 0. The van der Waals surface area contributed by atoms with Crippen molar-refractivity contribution in [2.75, 3.05) is 40.3 Å². The average Bonchev–Trinajstić information content (AvgIpc) is 2.65. The molecule has 0 aromatic heterocycles. The van der Waals surface area contributed by atoms with E-state index in [4.69, 9.17) is 9.47 Å². The highest BCUT2D eigenvalue weighted by molar-refractivity contribution is 6.12. The van der Waals surface area contributed by atoms with E-state index in [1.54, 1.807) is 36.4 Å². The number of benzene rings is 2. The third-order valence-electron chi connectivity index (χ3n) is 3.79. The van der Waals surface area contributed by atoms with E-state index >= 15 is 0 Å². The third-order valence-corrected chi connectivity index (χ3v) is 3.79. The predicted molar refractivity (Wildman–Crippen MR) is 95.1 cm³/mol. The molecule has 6 nitrogen and oxygen atoms in total. The average molecular weight is 343 g/mol. The number of hydrogen-bond donors (Lipinski definition) is 0. The molecule has 0 saturated carbocycles. The Labute approximate surface area is 146 Å². The van der Waals surface area contributed by atoms with Gasteiger partial charge in [-0.3, -0.25) is 4.79 Å². The van der Waals surface area contributed by atoms with Gasteiger partial charge in [-0.2, -0.15) is 0 Å². The SMILES string of the molecule is COC(=O)c1ccc(C(=O)c2cc(N(C)C)cc(OC)c2OC)cc1. The summed E-state index contributed by atoms with van der Waals surface area (Å²) in [5.74, 6) is 0.168. The van der Waals surface area contributed by atoms with Crippen LogP contribution in [0.1, 0.15) is 26.3 Å². The number of nitrogens with zero attached hydrogens (tertiary/aromatic N) is 1. The van der Waals surface area contributed by atoms with Gasteiger partial charge in [0.25, 0.3) is 0 Å². The zero-order valence-electron chi connectivity index (χ0n) is 15.0. The lowest BCUT2D eigenvalue weighted by atomic mass is 10.00. The topological polar surface area (TPSA) is 65.1 Å². The second-order valence-corrected chi connectivity index (χ2v) is 5.52. The van der Waals surface area contributed by atoms with Gasteiger partial charge in [-0.05, 0) is 18.2 Å². The van der Waals surface area contributed by atoms with Gasteiger partial charge in [-0.25, -0.2) is 4.79 Å². The number of carbonyl (C=O) groups is 2. The second-order valence-electron chi connectivity index (χ2n) is 5.52. The van der Waals surface area contributed by atoms with Crippen LogP contribution in [0.15, 0.2) is 36.4 Å². The van der Waals surface area contributed by atoms with Crippen LogP contribution in [0.2, 0.25) is 0 Å². The fourth-order valence-electron chi connectivity index (χ4n) is 2.41. The van der Waals surface area contributed by atoms with E-state index in [1.807, 2.05) is 19.0 Å². The molecule has 0 aliphatic carbocycles. The molecule has 0 fully saturated rings. The number of rotatable bonds is 6. The smallest absolute Gasteiger partial charge is 0.337 e. The van der Waals surface area contributed by atoms with Gasteiger partial charge in [0, 0.05) is 31.4 Å². The molecule has 0 aliphatic rings. The van der Waals surface area contributed by atoms with Crippen LogP contribution in [0, 0.1) is 0 Å². The number of ether oxygens (including phenoxy) is 3. The fraction of sp³-hybridized carbons (Fsp3) is 0.263. The zero-order chi connectivity index (χ0) is 18.6. The predicted octanol–water partition coefficient (Wildman–Crippen LogP) is 2.79. The van der Waals surface area contributed by atoms with Gasteiger partial charge in [-0.15, -0.1) is 0 Å². The van der Waals surface area contributed by atoms with E-state index in [-0.39, 0.29) is 5.78 Å². The van der Waals surface area contributed by atoms with Crippen LogP contribution in [0.4, 0.5) is 5.69 Å². The van der Waals surface area contributed by atoms with Crippen molar-refractivity contribution in [2.24, 2.45) is 0 Å². The Morgan fingerprint density at radius 3 is 1.96 bits per heavy atom. The first-order valence-electron chi connectivity index (χ1n) is 7.59. The van der Waals surface area contributed by atoms with Gasteiger partial charge in [-0.1, -0.05) is 12.1 Å². The van der Waals surface area contributed by atoms with Crippen molar-refractivity contribution in [3.8, 4) is 11.5 Å². The van der Waals surface area contributed by atoms with E-state index in [0.29, 0.717) is 28.2 Å². The van der Waals surface area contributed by atoms with Crippen molar-refractivity contribution in [1.82, 2.24) is 0 Å². The molecule has 2 rings (SSSR count). The van der Waals surface area contributed by atoms with Crippen LogP contribution in [-0.4, -0.2) is 47.2 Å². The molecule has 0 aliphatic heterocycles. The first-order valence-corrected chi connectivity index (χ1v) is 7.59. The molecule has 6 heteroatoms. The summed E-state index contributed by atoms with van der Waals surface area (Å²) in [6, 6.07) is 9.83. The Hall–Kier alpha value is -3.02. The Morgan fingerprint density at radius 2 is 1.48 bits per heavy atom. The van der Waals surface area contributed by atoms with E-state index < -0.39 is 5.97 Å². The molecule has 0 spiro atoms. The van der Waals surface area contributed by atoms with Crippen molar-refractivity contribution in [1.29, 1.82) is 0 Å². The van der Waals surface area contributed by atoms with Crippen molar-refractivity contribution in [3.05, 3.63) is 53.1 Å². The maximum absolute atomic E-state index is 12.9. The third kappa shape index (κ3) is 3.74. The fourth-order valence-corrected chi connectivity index (χ4v) is 2.41. The summed E-state index contributed by atoms with van der Waals surface area (Å²) in [6.45, 7) is 0. The minimum atomic E-state index is -0.451. The highest BCUT2D eigenvalue weighted by Gasteiger charge is 2.21. The molecule has 0 saturated heterocycles. The molecule has 0 unspecified atom stereocenters. The molecule has 132 valence electrons. The standard InChI is InChI=1S/C19H21NO5/c1-20(2)14-10-15(18(24-4)16(11-14)23-3)17(21)12-6-8-13(9-7-12)19(22)25-5/h6-11H,1-5H3. The molecule has 2 aromatic carbocycles. The van der Waals surface area contributed by atoms with Gasteiger partial charge in [0.2, 0.25) is 0 Å². The molecule has 0 heterocycles. The highest BCUT2D eigenvalue weighted by atomic mass is 16.5. The van der Waals surface area contributed by atoms with Crippen molar-refractivity contribution < 1.29 is 23.8 Å². The molecule has 0 amide bonds. The van der Waals surface area contributed by atoms with Crippen molar-refractivity contribution in [2.45, 2.75) is 0 Å². The monoisotopic (exact) mass is 343 g/mol. The van der Waals surface area contributed by atoms with Crippen LogP contribution in [-0.2, 0) is 4.74 Å². The molecular weight excluding hydrogens is 322 g/mol. The van der Waals surface area contributed by atoms with E-state index in [9.17, 15) is 9.59 Å². The molecule has 0 N–H and O–H groups in total.